The first kappa shape index (κ1) is 20.0. The third-order valence-corrected chi connectivity index (χ3v) is 4.90. The maximum absolute atomic E-state index is 12.4. The van der Waals surface area contributed by atoms with Crippen LogP contribution in [-0.4, -0.2) is 33.7 Å². The molecule has 0 spiro atoms. The van der Waals surface area contributed by atoms with Gasteiger partial charge in [-0.2, -0.15) is 0 Å². The first-order valence-corrected chi connectivity index (χ1v) is 10.1. The molecule has 1 aliphatic carbocycles. The Bertz CT molecular complexity index is 844. The summed E-state index contributed by atoms with van der Waals surface area (Å²) in [6, 6.07) is 7.66. The van der Waals surface area contributed by atoms with E-state index in [1.54, 1.807) is 0 Å². The van der Waals surface area contributed by atoms with Crippen LogP contribution in [0.3, 0.4) is 0 Å². The molecule has 0 bridgehead atoms. The van der Waals surface area contributed by atoms with Crippen LogP contribution in [0.25, 0.3) is 11.4 Å². The van der Waals surface area contributed by atoms with E-state index >= 15 is 0 Å². The second-order valence-electron chi connectivity index (χ2n) is 7.23. The van der Waals surface area contributed by atoms with Crippen LogP contribution in [-0.2, 0) is 11.2 Å². The van der Waals surface area contributed by atoms with Gasteiger partial charge in [-0.15, -0.1) is 10.2 Å². The molecule has 0 saturated heterocycles. The van der Waals surface area contributed by atoms with E-state index in [4.69, 9.17) is 4.74 Å². The van der Waals surface area contributed by atoms with Crippen LogP contribution in [0, 0.1) is 0 Å². The van der Waals surface area contributed by atoms with E-state index in [-0.39, 0.29) is 36.0 Å². The number of aryl methyl sites for hydroxylation is 1. The molecule has 28 heavy (non-hydrogen) atoms. The highest BCUT2D eigenvalue weighted by Crippen LogP contribution is 2.20. The summed E-state index contributed by atoms with van der Waals surface area (Å²) in [5, 5.41) is 11.2. The molecule has 1 aromatic carbocycles. The number of hydrogen-bond acceptors (Lipinski definition) is 5. The Morgan fingerprint density at radius 2 is 2.07 bits per heavy atom. The summed E-state index contributed by atoms with van der Waals surface area (Å²) in [5.41, 5.74) is 0.705. The molecule has 150 valence electrons. The molecule has 7 nitrogen and oxygen atoms in total. The molecule has 1 aromatic heterocycles. The lowest BCUT2D eigenvalue weighted by molar-refractivity contribution is -0.122. The number of H-pyrrole nitrogens is 1. The Balaban J connectivity index is 1.59. The zero-order valence-electron chi connectivity index (χ0n) is 16.4. The number of benzene rings is 1. The number of nitrogens with zero attached hydrogens (tertiary/aromatic N) is 2. The Kier molecular flexibility index (Phi) is 7.17. The minimum absolute atomic E-state index is 0.0297. The van der Waals surface area contributed by atoms with Crippen molar-refractivity contribution in [2.24, 2.45) is 0 Å². The molecule has 3 rings (SSSR count). The zero-order chi connectivity index (χ0) is 19.8. The largest absolute Gasteiger partial charge is 0.494 e. The minimum Gasteiger partial charge on any atom is -0.494 e. The van der Waals surface area contributed by atoms with Gasteiger partial charge in [0.05, 0.1) is 6.61 Å². The quantitative estimate of drug-likeness (QED) is 0.729. The lowest BCUT2D eigenvalue weighted by Gasteiger charge is -2.22. The summed E-state index contributed by atoms with van der Waals surface area (Å²) in [6.07, 6.45) is 7.12. The topological polar surface area (TPSA) is 97.0 Å². The molecule has 1 aliphatic rings. The van der Waals surface area contributed by atoms with Gasteiger partial charge in [0, 0.05) is 24.4 Å². The highest BCUT2D eigenvalue weighted by molar-refractivity contribution is 5.76. The summed E-state index contributed by atoms with van der Waals surface area (Å²) >= 11 is 0. The van der Waals surface area contributed by atoms with Gasteiger partial charge in [0.25, 0.3) is 5.56 Å². The first-order valence-electron chi connectivity index (χ1n) is 10.1. The van der Waals surface area contributed by atoms with Crippen LogP contribution >= 0.6 is 0 Å². The average Bonchev–Trinajstić information content (AvgIpc) is 2.72. The highest BCUT2D eigenvalue weighted by atomic mass is 16.5. The molecule has 1 amide bonds. The van der Waals surface area contributed by atoms with Crippen molar-refractivity contribution in [2.75, 3.05) is 6.61 Å². The predicted octanol–water partition coefficient (Wildman–Crippen LogP) is 3.00. The van der Waals surface area contributed by atoms with Gasteiger partial charge in [0.15, 0.2) is 5.82 Å². The van der Waals surface area contributed by atoms with Crippen LogP contribution < -0.4 is 15.6 Å². The van der Waals surface area contributed by atoms with E-state index < -0.39 is 0 Å². The van der Waals surface area contributed by atoms with Gasteiger partial charge in [-0.3, -0.25) is 9.59 Å². The fraction of sp³-hybridized carbons (Fsp3) is 0.524. The molecule has 1 fully saturated rings. The van der Waals surface area contributed by atoms with Crippen LogP contribution in [0.1, 0.15) is 57.6 Å². The number of aromatic amines is 1. The van der Waals surface area contributed by atoms with Crippen LogP contribution in [0.5, 0.6) is 5.75 Å². The summed E-state index contributed by atoms with van der Waals surface area (Å²) in [4.78, 5) is 27.2. The molecular formula is C21H28N4O3. The van der Waals surface area contributed by atoms with Gasteiger partial charge >= 0.3 is 0 Å². The van der Waals surface area contributed by atoms with E-state index in [0.717, 1.165) is 30.6 Å². The van der Waals surface area contributed by atoms with Gasteiger partial charge in [-0.1, -0.05) is 38.3 Å². The smallest absolute Gasteiger partial charge is 0.273 e. The van der Waals surface area contributed by atoms with Gasteiger partial charge in [0.1, 0.15) is 11.4 Å². The van der Waals surface area contributed by atoms with Crippen LogP contribution in [0.4, 0.5) is 0 Å². The number of rotatable bonds is 8. The van der Waals surface area contributed by atoms with E-state index in [1.807, 2.05) is 31.2 Å². The Labute approximate surface area is 164 Å². The van der Waals surface area contributed by atoms with Gasteiger partial charge in [-0.25, -0.2) is 0 Å². The molecule has 0 aliphatic heterocycles. The number of nitrogens with one attached hydrogen (secondary N) is 2. The van der Waals surface area contributed by atoms with Crippen molar-refractivity contribution in [1.82, 2.24) is 20.5 Å². The Hall–Kier alpha value is -2.70. The average molecular weight is 384 g/mol. The minimum atomic E-state index is -0.310. The van der Waals surface area contributed by atoms with E-state index in [1.165, 1.54) is 19.3 Å². The van der Waals surface area contributed by atoms with Crippen molar-refractivity contribution in [2.45, 2.75) is 64.3 Å². The number of aromatic nitrogens is 3. The number of amides is 1. The van der Waals surface area contributed by atoms with Gasteiger partial charge in [-0.05, 0) is 31.4 Å². The monoisotopic (exact) mass is 384 g/mol. The molecule has 1 saturated carbocycles. The lowest BCUT2D eigenvalue weighted by atomic mass is 9.95. The number of carbonyl (C=O) groups excluding carboxylic acids is 1. The SMILES string of the molecule is CCCOc1cccc(-c2nnc(CCC(=O)NC3CCCCC3)c(=O)[nH]2)c1. The molecular weight excluding hydrogens is 356 g/mol. The van der Waals surface area contributed by atoms with Crippen molar-refractivity contribution in [3.63, 3.8) is 0 Å². The normalized spacial score (nSPS) is 14.6. The van der Waals surface area contributed by atoms with E-state index in [9.17, 15) is 9.59 Å². The second-order valence-corrected chi connectivity index (χ2v) is 7.23. The van der Waals surface area contributed by atoms with Crippen LogP contribution in [0.2, 0.25) is 0 Å². The van der Waals surface area contributed by atoms with E-state index in [2.05, 4.69) is 20.5 Å². The standard InChI is InChI=1S/C21H28N4O3/c1-2-13-28-17-10-6-7-15(14-17)20-23-21(27)18(24-25-20)11-12-19(26)22-16-8-4-3-5-9-16/h6-7,10,14,16H,2-5,8-9,11-13H2,1H3,(H,22,26)(H,23,25,27). The fourth-order valence-corrected chi connectivity index (χ4v) is 3.39. The molecule has 0 radical (unpaired) electrons. The van der Waals surface area contributed by atoms with E-state index in [0.29, 0.717) is 12.4 Å². The zero-order valence-corrected chi connectivity index (χ0v) is 16.4. The first-order chi connectivity index (χ1) is 13.7. The molecule has 7 heteroatoms. The Morgan fingerprint density at radius 1 is 1.25 bits per heavy atom. The lowest BCUT2D eigenvalue weighted by Crippen LogP contribution is -2.36. The fourth-order valence-electron chi connectivity index (χ4n) is 3.39. The molecule has 1 heterocycles. The van der Waals surface area contributed by atoms with Crippen molar-refractivity contribution in [1.29, 1.82) is 0 Å². The van der Waals surface area contributed by atoms with Crippen LogP contribution in [0.15, 0.2) is 29.1 Å². The Morgan fingerprint density at radius 3 is 2.82 bits per heavy atom. The maximum Gasteiger partial charge on any atom is 0.273 e. The third-order valence-electron chi connectivity index (χ3n) is 4.90. The summed E-state index contributed by atoms with van der Waals surface area (Å²) < 4.78 is 5.61. The summed E-state index contributed by atoms with van der Waals surface area (Å²) in [5.74, 6) is 1.09. The maximum atomic E-state index is 12.4. The number of hydrogen-bond donors (Lipinski definition) is 2. The number of carbonyl (C=O) groups is 1. The summed E-state index contributed by atoms with van der Waals surface area (Å²) in [6.45, 7) is 2.68. The second kappa shape index (κ2) is 10.0. The molecule has 0 atom stereocenters. The molecule has 2 aromatic rings. The molecule has 2 N–H and O–H groups in total. The molecule has 0 unspecified atom stereocenters. The van der Waals surface area contributed by atoms with Crippen molar-refractivity contribution >= 4 is 5.91 Å². The highest BCUT2D eigenvalue weighted by Gasteiger charge is 2.16. The summed E-state index contributed by atoms with van der Waals surface area (Å²) in [7, 11) is 0. The number of ether oxygens (including phenoxy) is 1. The van der Waals surface area contributed by atoms with Crippen molar-refractivity contribution in [3.05, 3.63) is 40.3 Å². The van der Waals surface area contributed by atoms with Gasteiger partial charge in [0.2, 0.25) is 5.91 Å². The van der Waals surface area contributed by atoms with Crippen molar-refractivity contribution in [3.8, 4) is 17.1 Å². The van der Waals surface area contributed by atoms with Crippen molar-refractivity contribution < 1.29 is 9.53 Å². The van der Waals surface area contributed by atoms with Gasteiger partial charge < -0.3 is 15.0 Å². The predicted molar refractivity (Wildman–Crippen MR) is 107 cm³/mol. The third kappa shape index (κ3) is 5.65.